The summed E-state index contributed by atoms with van der Waals surface area (Å²) in [5, 5.41) is 3.73. The first-order valence-corrected chi connectivity index (χ1v) is 17.2. The fourth-order valence-electron chi connectivity index (χ4n) is 5.57. The van der Waals surface area contributed by atoms with E-state index in [0.717, 1.165) is 59.4 Å². The van der Waals surface area contributed by atoms with Crippen molar-refractivity contribution >= 4 is 39.1 Å². The van der Waals surface area contributed by atoms with Crippen LogP contribution in [-0.2, 0) is 32.6 Å². The lowest BCUT2D eigenvalue weighted by molar-refractivity contribution is -0.140. The Kier molecular flexibility index (Phi) is 11.3. The zero-order valence-electron chi connectivity index (χ0n) is 25.2. The highest BCUT2D eigenvalue weighted by atomic mass is 35.5. The molecule has 1 saturated carbocycles. The summed E-state index contributed by atoms with van der Waals surface area (Å²) >= 11 is 6.30. The highest BCUT2D eigenvalue weighted by Gasteiger charge is 2.34. The zero-order valence-corrected chi connectivity index (χ0v) is 26.8. The van der Waals surface area contributed by atoms with Gasteiger partial charge in [-0.15, -0.1) is 0 Å². The first-order valence-electron chi connectivity index (χ1n) is 15.0. The van der Waals surface area contributed by atoms with E-state index in [0.29, 0.717) is 10.7 Å². The number of carbonyl (C=O) groups is 2. The summed E-state index contributed by atoms with van der Waals surface area (Å²) in [5.41, 5.74) is 3.11. The topological polar surface area (TPSA) is 86.8 Å². The summed E-state index contributed by atoms with van der Waals surface area (Å²) in [7, 11) is -3.82. The maximum absolute atomic E-state index is 14.3. The van der Waals surface area contributed by atoms with E-state index in [2.05, 4.69) is 19.2 Å². The predicted octanol–water partition coefficient (Wildman–Crippen LogP) is 6.32. The smallest absolute Gasteiger partial charge is 0.244 e. The van der Waals surface area contributed by atoms with Gasteiger partial charge >= 0.3 is 0 Å². The largest absolute Gasteiger partial charge is 0.352 e. The van der Waals surface area contributed by atoms with Crippen LogP contribution < -0.4 is 9.62 Å². The van der Waals surface area contributed by atoms with Gasteiger partial charge < -0.3 is 10.2 Å². The van der Waals surface area contributed by atoms with Gasteiger partial charge in [0.2, 0.25) is 21.8 Å². The van der Waals surface area contributed by atoms with E-state index in [4.69, 9.17) is 11.6 Å². The minimum absolute atomic E-state index is 0.0506. The van der Waals surface area contributed by atoms with Crippen molar-refractivity contribution in [3.63, 3.8) is 0 Å². The van der Waals surface area contributed by atoms with Crippen LogP contribution in [0.4, 0.5) is 5.69 Å². The molecule has 1 aliphatic rings. The number of sulfonamides is 1. The van der Waals surface area contributed by atoms with Gasteiger partial charge in [-0.1, -0.05) is 99.3 Å². The van der Waals surface area contributed by atoms with Crippen LogP contribution in [0.2, 0.25) is 5.02 Å². The Labute approximate surface area is 261 Å². The number of amides is 2. The number of benzene rings is 3. The van der Waals surface area contributed by atoms with Gasteiger partial charge in [0, 0.05) is 24.0 Å². The zero-order chi connectivity index (χ0) is 31.0. The number of hydrogen-bond donors (Lipinski definition) is 1. The fraction of sp³-hybridized carbons (Fsp3) is 0.412. The third-order valence-corrected chi connectivity index (χ3v) is 9.37. The molecule has 3 aromatic carbocycles. The number of hydrogen-bond acceptors (Lipinski definition) is 4. The monoisotopic (exact) mass is 623 g/mol. The molecular formula is C34H42ClN3O4S. The van der Waals surface area contributed by atoms with Gasteiger partial charge in [-0.25, -0.2) is 8.42 Å². The maximum atomic E-state index is 14.3. The number of halogens is 1. The molecule has 2 amide bonds. The highest BCUT2D eigenvalue weighted by molar-refractivity contribution is 7.92. The normalized spacial score (nSPS) is 14.7. The Morgan fingerprint density at radius 1 is 0.907 bits per heavy atom. The first kappa shape index (κ1) is 32.6. The van der Waals surface area contributed by atoms with E-state index < -0.39 is 28.5 Å². The lowest BCUT2D eigenvalue weighted by atomic mass is 9.94. The number of anilines is 1. The molecule has 7 nitrogen and oxygen atoms in total. The molecule has 0 unspecified atom stereocenters. The Bertz CT molecular complexity index is 1470. The second-order valence-electron chi connectivity index (χ2n) is 11.7. The molecule has 43 heavy (non-hydrogen) atoms. The Morgan fingerprint density at radius 3 is 2.16 bits per heavy atom. The SMILES string of the molecule is CC(C)c1ccc(N(CC(=O)N(Cc2cccc(Cl)c2)[C@H](Cc2ccccc2)C(=O)NC2CCCCC2)S(C)(=O)=O)cc1. The quantitative estimate of drug-likeness (QED) is 0.256. The summed E-state index contributed by atoms with van der Waals surface area (Å²) < 4.78 is 27.2. The van der Waals surface area contributed by atoms with E-state index in [1.165, 1.54) is 4.90 Å². The highest BCUT2D eigenvalue weighted by Crippen LogP contribution is 2.24. The lowest BCUT2D eigenvalue weighted by Gasteiger charge is -2.35. The average Bonchev–Trinajstić information content (AvgIpc) is 2.98. The van der Waals surface area contributed by atoms with E-state index in [9.17, 15) is 18.0 Å². The molecule has 1 fully saturated rings. The molecule has 0 saturated heterocycles. The van der Waals surface area contributed by atoms with Crippen LogP contribution in [0, 0.1) is 0 Å². The van der Waals surface area contributed by atoms with Gasteiger partial charge in [-0.05, 0) is 59.7 Å². The minimum atomic E-state index is -3.82. The molecule has 1 aliphatic carbocycles. The molecule has 4 rings (SSSR count). The van der Waals surface area contributed by atoms with Crippen molar-refractivity contribution in [3.05, 3.63) is 101 Å². The molecule has 0 aliphatic heterocycles. The Balaban J connectivity index is 1.71. The third-order valence-electron chi connectivity index (χ3n) is 7.99. The van der Waals surface area contributed by atoms with Gasteiger partial charge in [0.05, 0.1) is 11.9 Å². The second-order valence-corrected chi connectivity index (χ2v) is 14.1. The molecule has 230 valence electrons. The lowest BCUT2D eigenvalue weighted by Crippen LogP contribution is -2.55. The average molecular weight is 624 g/mol. The van der Waals surface area contributed by atoms with Crippen LogP contribution >= 0.6 is 11.6 Å². The van der Waals surface area contributed by atoms with Crippen LogP contribution in [0.5, 0.6) is 0 Å². The van der Waals surface area contributed by atoms with E-state index in [1.54, 1.807) is 30.3 Å². The summed E-state index contributed by atoms with van der Waals surface area (Å²) in [5.74, 6) is -0.437. The standard InChI is InChI=1S/C34H42ClN3O4S/c1-25(2)28-17-19-31(20-18-28)38(43(3,41)42)24-33(39)37(23-27-13-10-14-29(35)21-27)32(22-26-11-6-4-7-12-26)34(40)36-30-15-8-5-9-16-30/h4,6-7,10-14,17-21,25,30,32H,5,8-9,15-16,22-24H2,1-3H3,(H,36,40)/t32-/m1/s1. The fourth-order valence-corrected chi connectivity index (χ4v) is 6.63. The van der Waals surface area contributed by atoms with Crippen LogP contribution in [0.1, 0.15) is 68.6 Å². The molecule has 1 N–H and O–H groups in total. The van der Waals surface area contributed by atoms with Gasteiger partial charge in [-0.2, -0.15) is 0 Å². The molecule has 1 atom stereocenters. The van der Waals surface area contributed by atoms with Gasteiger partial charge in [0.25, 0.3) is 0 Å². The summed E-state index contributed by atoms with van der Waals surface area (Å²) in [6, 6.07) is 23.1. The van der Waals surface area contributed by atoms with Crippen LogP contribution in [-0.4, -0.2) is 50.0 Å². The summed E-state index contributed by atoms with van der Waals surface area (Å²) in [4.78, 5) is 29.8. The van der Waals surface area contributed by atoms with E-state index >= 15 is 0 Å². The van der Waals surface area contributed by atoms with Crippen LogP contribution in [0.3, 0.4) is 0 Å². The van der Waals surface area contributed by atoms with Crippen molar-refractivity contribution in [1.29, 1.82) is 0 Å². The molecule has 9 heteroatoms. The van der Waals surface area contributed by atoms with Crippen LogP contribution in [0.15, 0.2) is 78.9 Å². The molecular weight excluding hydrogens is 582 g/mol. The molecule has 0 spiro atoms. The number of carbonyl (C=O) groups excluding carboxylic acids is 2. The molecule has 0 radical (unpaired) electrons. The number of nitrogens with zero attached hydrogens (tertiary/aromatic N) is 2. The Hall–Kier alpha value is -3.36. The van der Waals surface area contributed by atoms with E-state index in [-0.39, 0.29) is 30.8 Å². The van der Waals surface area contributed by atoms with Crippen molar-refractivity contribution in [3.8, 4) is 0 Å². The summed E-state index contributed by atoms with van der Waals surface area (Å²) in [6.07, 6.45) is 6.44. The molecule has 3 aromatic rings. The number of rotatable bonds is 12. The summed E-state index contributed by atoms with van der Waals surface area (Å²) in [6.45, 7) is 3.78. The van der Waals surface area contributed by atoms with Crippen molar-refractivity contribution in [1.82, 2.24) is 10.2 Å². The predicted molar refractivity (Wildman–Crippen MR) is 174 cm³/mol. The first-order chi connectivity index (χ1) is 20.5. The van der Waals surface area contributed by atoms with Crippen molar-refractivity contribution in [2.75, 3.05) is 17.1 Å². The maximum Gasteiger partial charge on any atom is 0.244 e. The van der Waals surface area contributed by atoms with Gasteiger partial charge in [0.15, 0.2) is 0 Å². The minimum Gasteiger partial charge on any atom is -0.352 e. The molecule has 0 bridgehead atoms. The Morgan fingerprint density at radius 2 is 1.56 bits per heavy atom. The second kappa shape index (κ2) is 14.9. The van der Waals surface area contributed by atoms with Gasteiger partial charge in [-0.3, -0.25) is 13.9 Å². The van der Waals surface area contributed by atoms with Gasteiger partial charge in [0.1, 0.15) is 12.6 Å². The third kappa shape index (κ3) is 9.31. The van der Waals surface area contributed by atoms with E-state index in [1.807, 2.05) is 48.5 Å². The van der Waals surface area contributed by atoms with Crippen molar-refractivity contribution < 1.29 is 18.0 Å². The van der Waals surface area contributed by atoms with Crippen LogP contribution in [0.25, 0.3) is 0 Å². The molecule has 0 aromatic heterocycles. The van der Waals surface area contributed by atoms with Crippen molar-refractivity contribution in [2.45, 2.75) is 76.9 Å². The number of nitrogens with one attached hydrogen (secondary N) is 1. The molecule has 0 heterocycles. The van der Waals surface area contributed by atoms with Crippen molar-refractivity contribution in [2.24, 2.45) is 0 Å².